The molecule has 0 aromatic heterocycles. The number of nitrogens with two attached hydrogens (primary N) is 1. The maximum Gasteiger partial charge on any atom is 0.345 e. The third-order valence-corrected chi connectivity index (χ3v) is 6.68. The van der Waals surface area contributed by atoms with Crippen molar-refractivity contribution in [2.45, 2.75) is 57.3 Å². The molecule has 0 unspecified atom stereocenters. The molecule has 0 saturated carbocycles. The van der Waals surface area contributed by atoms with Gasteiger partial charge in [0.2, 0.25) is 11.8 Å². The fourth-order valence-corrected chi connectivity index (χ4v) is 4.20. The largest absolute Gasteiger partial charge is 0.480 e. The third kappa shape index (κ3) is 10.4. The van der Waals surface area contributed by atoms with Crippen LogP contribution in [0.5, 0.6) is 0 Å². The second kappa shape index (κ2) is 15.8. The lowest BCUT2D eigenvalue weighted by Gasteiger charge is -2.23. The smallest absolute Gasteiger partial charge is 0.345 e. The standard InChI is InChI=1S/C32H36N4O7/c1-20(34-26(30(39)40)18-13-22-9-5-3-6-10-22)28(37)35-21(2)29(38)36-27(19-23-11-7-4-8-12-23)32(42)43-31(41)24-14-16-25(33)17-15-24/h3-12,14-17,20-21,26-27,34H,13,18-19,33H2,1-2H3,(H,35,37)(H,36,38)(H,39,40)/t20-,21-,26+,27-/m0/s1. The molecule has 0 bridgehead atoms. The Morgan fingerprint density at radius 3 is 1.88 bits per heavy atom. The molecule has 3 aromatic carbocycles. The molecule has 0 fully saturated rings. The topological polar surface area (TPSA) is 177 Å². The Kier molecular flexibility index (Phi) is 12.0. The summed E-state index contributed by atoms with van der Waals surface area (Å²) in [6.07, 6.45) is 0.782. The van der Waals surface area contributed by atoms with Crippen LogP contribution < -0.4 is 21.7 Å². The van der Waals surface area contributed by atoms with Gasteiger partial charge in [-0.1, -0.05) is 60.7 Å². The van der Waals surface area contributed by atoms with E-state index in [1.54, 1.807) is 30.3 Å². The van der Waals surface area contributed by atoms with E-state index >= 15 is 0 Å². The highest BCUT2D eigenvalue weighted by molar-refractivity contribution is 5.99. The van der Waals surface area contributed by atoms with E-state index < -0.39 is 53.9 Å². The van der Waals surface area contributed by atoms with Crippen LogP contribution in [0.2, 0.25) is 0 Å². The molecule has 11 nitrogen and oxygen atoms in total. The van der Waals surface area contributed by atoms with Crippen LogP contribution in [0.25, 0.3) is 0 Å². The number of esters is 2. The van der Waals surface area contributed by atoms with Gasteiger partial charge in [0.05, 0.1) is 11.6 Å². The van der Waals surface area contributed by atoms with Gasteiger partial charge in [-0.15, -0.1) is 0 Å². The highest BCUT2D eigenvalue weighted by Crippen LogP contribution is 2.11. The van der Waals surface area contributed by atoms with Crippen LogP contribution in [0.15, 0.2) is 84.9 Å². The molecular formula is C32H36N4O7. The van der Waals surface area contributed by atoms with Gasteiger partial charge in [0.1, 0.15) is 18.1 Å². The van der Waals surface area contributed by atoms with Crippen molar-refractivity contribution in [3.05, 3.63) is 102 Å². The SMILES string of the molecule is C[C@H](NC(=O)[C@H](C)N[C@H](CCc1ccccc1)C(=O)O)C(=O)N[C@@H](Cc1ccccc1)C(=O)OC(=O)c1ccc(N)cc1. The summed E-state index contributed by atoms with van der Waals surface area (Å²) < 4.78 is 5.05. The van der Waals surface area contributed by atoms with E-state index in [9.17, 15) is 29.1 Å². The number of carboxylic acid groups (broad SMARTS) is 1. The summed E-state index contributed by atoms with van der Waals surface area (Å²) in [6, 6.07) is 19.8. The third-order valence-electron chi connectivity index (χ3n) is 6.68. The van der Waals surface area contributed by atoms with Crippen molar-refractivity contribution in [2.75, 3.05) is 5.73 Å². The van der Waals surface area contributed by atoms with E-state index in [-0.39, 0.29) is 18.4 Å². The van der Waals surface area contributed by atoms with Crippen LogP contribution in [-0.4, -0.2) is 59.0 Å². The van der Waals surface area contributed by atoms with E-state index in [4.69, 9.17) is 10.5 Å². The minimum atomic E-state index is -1.24. The predicted octanol–water partition coefficient (Wildman–Crippen LogP) is 2.25. The Labute approximate surface area is 249 Å². The number of hydrogen-bond acceptors (Lipinski definition) is 8. The summed E-state index contributed by atoms with van der Waals surface area (Å²) in [5.74, 6) is -4.28. The molecule has 0 heterocycles. The second-order valence-electron chi connectivity index (χ2n) is 10.1. The molecule has 226 valence electrons. The number of carbonyl (C=O) groups is 5. The monoisotopic (exact) mass is 588 g/mol. The van der Waals surface area contributed by atoms with E-state index in [2.05, 4.69) is 16.0 Å². The summed E-state index contributed by atoms with van der Waals surface area (Å²) in [5.41, 5.74) is 7.86. The number of nitrogens with one attached hydrogen (secondary N) is 3. The Balaban J connectivity index is 1.60. The van der Waals surface area contributed by atoms with E-state index in [1.807, 2.05) is 30.3 Å². The zero-order valence-corrected chi connectivity index (χ0v) is 24.0. The number of amides is 2. The molecule has 3 aromatic rings. The Morgan fingerprint density at radius 1 is 0.744 bits per heavy atom. The van der Waals surface area contributed by atoms with Gasteiger partial charge in [-0.25, -0.2) is 9.59 Å². The lowest BCUT2D eigenvalue weighted by atomic mass is 10.0. The maximum absolute atomic E-state index is 13.0. The van der Waals surface area contributed by atoms with Crippen molar-refractivity contribution in [1.82, 2.24) is 16.0 Å². The van der Waals surface area contributed by atoms with Crippen molar-refractivity contribution in [3.63, 3.8) is 0 Å². The number of aliphatic carboxylic acids is 1. The normalized spacial score (nSPS) is 13.5. The molecule has 0 saturated heterocycles. The maximum atomic E-state index is 13.0. The highest BCUT2D eigenvalue weighted by atomic mass is 16.6. The van der Waals surface area contributed by atoms with Crippen molar-refractivity contribution >= 4 is 35.4 Å². The molecule has 0 spiro atoms. The van der Waals surface area contributed by atoms with Crippen molar-refractivity contribution < 1.29 is 33.8 Å². The van der Waals surface area contributed by atoms with Crippen LogP contribution in [0.3, 0.4) is 0 Å². The van der Waals surface area contributed by atoms with Crippen LogP contribution in [0.1, 0.15) is 41.8 Å². The molecule has 0 aliphatic heterocycles. The fourth-order valence-electron chi connectivity index (χ4n) is 4.20. The van der Waals surface area contributed by atoms with E-state index in [1.165, 1.54) is 38.1 Å². The lowest BCUT2D eigenvalue weighted by Crippen LogP contribution is -2.55. The predicted molar refractivity (Wildman–Crippen MR) is 160 cm³/mol. The number of benzene rings is 3. The number of carboxylic acids is 1. The average molecular weight is 589 g/mol. The van der Waals surface area contributed by atoms with Gasteiger partial charge in [0, 0.05) is 12.1 Å². The highest BCUT2D eigenvalue weighted by Gasteiger charge is 2.29. The number of hydrogen-bond donors (Lipinski definition) is 5. The molecule has 2 amide bonds. The first-order valence-corrected chi connectivity index (χ1v) is 13.8. The summed E-state index contributed by atoms with van der Waals surface area (Å²) in [5, 5.41) is 17.5. The molecule has 4 atom stereocenters. The van der Waals surface area contributed by atoms with Gasteiger partial charge in [0.25, 0.3) is 0 Å². The van der Waals surface area contributed by atoms with Crippen LogP contribution in [0, 0.1) is 0 Å². The quantitative estimate of drug-likeness (QED) is 0.107. The summed E-state index contributed by atoms with van der Waals surface area (Å²) >= 11 is 0. The van der Waals surface area contributed by atoms with Gasteiger partial charge in [0.15, 0.2) is 0 Å². The number of anilines is 1. The molecule has 0 radical (unpaired) electrons. The average Bonchev–Trinajstić information content (AvgIpc) is 2.99. The van der Waals surface area contributed by atoms with Gasteiger partial charge in [-0.05, 0) is 62.1 Å². The first-order chi connectivity index (χ1) is 20.5. The molecule has 3 rings (SSSR count). The molecular weight excluding hydrogens is 552 g/mol. The molecule has 6 N–H and O–H groups in total. The zero-order valence-electron chi connectivity index (χ0n) is 24.0. The summed E-state index contributed by atoms with van der Waals surface area (Å²) in [4.78, 5) is 63.2. The Hall–Kier alpha value is -5.03. The van der Waals surface area contributed by atoms with Crippen LogP contribution >= 0.6 is 0 Å². The Morgan fingerprint density at radius 2 is 1.30 bits per heavy atom. The van der Waals surface area contributed by atoms with Crippen LogP contribution in [-0.2, 0) is 36.8 Å². The van der Waals surface area contributed by atoms with Gasteiger partial charge < -0.3 is 26.2 Å². The van der Waals surface area contributed by atoms with Gasteiger partial charge in [-0.3, -0.25) is 19.7 Å². The first-order valence-electron chi connectivity index (χ1n) is 13.8. The fraction of sp³-hybridized carbons (Fsp3) is 0.281. The van der Waals surface area contributed by atoms with E-state index in [0.29, 0.717) is 17.7 Å². The minimum absolute atomic E-state index is 0.0285. The lowest BCUT2D eigenvalue weighted by molar-refractivity contribution is -0.143. The molecule has 0 aliphatic carbocycles. The van der Waals surface area contributed by atoms with Crippen molar-refractivity contribution in [1.29, 1.82) is 0 Å². The van der Waals surface area contributed by atoms with Gasteiger partial charge in [-0.2, -0.15) is 0 Å². The number of nitrogen functional groups attached to an aromatic ring is 1. The van der Waals surface area contributed by atoms with Crippen molar-refractivity contribution in [3.8, 4) is 0 Å². The first kappa shape index (κ1) is 32.5. The number of ether oxygens (including phenoxy) is 1. The number of rotatable bonds is 14. The van der Waals surface area contributed by atoms with Crippen molar-refractivity contribution in [2.24, 2.45) is 0 Å². The molecule has 0 aliphatic rings. The minimum Gasteiger partial charge on any atom is -0.480 e. The number of carbonyl (C=O) groups excluding carboxylic acids is 4. The second-order valence-corrected chi connectivity index (χ2v) is 10.1. The van der Waals surface area contributed by atoms with Gasteiger partial charge >= 0.3 is 17.9 Å². The molecule has 11 heteroatoms. The van der Waals surface area contributed by atoms with E-state index in [0.717, 1.165) is 5.56 Å². The Bertz CT molecular complexity index is 1400. The number of aryl methyl sites for hydroxylation is 1. The molecule has 43 heavy (non-hydrogen) atoms. The summed E-state index contributed by atoms with van der Waals surface area (Å²) in [6.45, 7) is 2.92. The van der Waals surface area contributed by atoms with Crippen LogP contribution in [0.4, 0.5) is 5.69 Å². The zero-order chi connectivity index (χ0) is 31.4. The summed E-state index contributed by atoms with van der Waals surface area (Å²) in [7, 11) is 0.